The fourth-order valence-electron chi connectivity index (χ4n) is 1.71. The summed E-state index contributed by atoms with van der Waals surface area (Å²) in [4.78, 5) is 8.52. The van der Waals surface area contributed by atoms with Crippen LogP contribution in [0.15, 0.2) is 6.07 Å². The van der Waals surface area contributed by atoms with Gasteiger partial charge in [-0.3, -0.25) is 0 Å². The molecule has 2 heterocycles. The van der Waals surface area contributed by atoms with Crippen LogP contribution in [0.5, 0.6) is 11.8 Å². The lowest BCUT2D eigenvalue weighted by atomic mass is 10.2. The van der Waals surface area contributed by atoms with Crippen LogP contribution in [0.4, 0.5) is 5.95 Å². The predicted molar refractivity (Wildman–Crippen MR) is 69.1 cm³/mol. The number of nitrogens with zero attached hydrogens (tertiary/aromatic N) is 2. The van der Waals surface area contributed by atoms with E-state index in [9.17, 15) is 0 Å². The zero-order valence-corrected chi connectivity index (χ0v) is 10.9. The number of hydrogen-bond acceptors (Lipinski definition) is 6. The highest BCUT2D eigenvalue weighted by Gasteiger charge is 2.15. The summed E-state index contributed by atoms with van der Waals surface area (Å²) in [5.41, 5.74) is 0. The number of aromatic nitrogens is 2. The van der Waals surface area contributed by atoms with Gasteiger partial charge in [-0.2, -0.15) is 21.7 Å². The van der Waals surface area contributed by atoms with E-state index in [0.717, 1.165) is 12.2 Å². The minimum Gasteiger partial charge on any atom is -0.481 e. The predicted octanol–water partition coefficient (Wildman–Crippen LogP) is 1.80. The minimum atomic E-state index is 0.436. The van der Waals surface area contributed by atoms with E-state index in [1.165, 1.54) is 12.2 Å². The van der Waals surface area contributed by atoms with Crippen molar-refractivity contribution in [3.05, 3.63) is 6.07 Å². The summed E-state index contributed by atoms with van der Waals surface area (Å²) in [6, 6.07) is 2.10. The summed E-state index contributed by atoms with van der Waals surface area (Å²) >= 11 is 1.96. The number of ether oxygens (including phenoxy) is 2. The van der Waals surface area contributed by atoms with Gasteiger partial charge in [0.05, 0.1) is 20.3 Å². The number of anilines is 1. The third-order valence-electron chi connectivity index (χ3n) is 2.59. The molecule has 1 fully saturated rings. The van der Waals surface area contributed by atoms with E-state index in [2.05, 4.69) is 15.3 Å². The average molecular weight is 255 g/mol. The minimum absolute atomic E-state index is 0.436. The molecule has 17 heavy (non-hydrogen) atoms. The average Bonchev–Trinajstić information content (AvgIpc) is 2.39. The Labute approximate surface area is 105 Å². The summed E-state index contributed by atoms with van der Waals surface area (Å²) < 4.78 is 10.2. The smallest absolute Gasteiger partial charge is 0.229 e. The molecule has 0 radical (unpaired) electrons. The first-order valence-corrected chi connectivity index (χ1v) is 6.78. The Bertz CT molecular complexity index is 347. The zero-order chi connectivity index (χ0) is 12.1. The van der Waals surface area contributed by atoms with Crippen molar-refractivity contribution in [2.75, 3.05) is 31.0 Å². The lowest BCUT2D eigenvalue weighted by molar-refractivity contribution is 0.372. The Morgan fingerprint density at radius 1 is 1.29 bits per heavy atom. The van der Waals surface area contributed by atoms with Crippen LogP contribution in [0.2, 0.25) is 0 Å². The van der Waals surface area contributed by atoms with Crippen molar-refractivity contribution in [1.29, 1.82) is 0 Å². The SMILES string of the molecule is COc1cc(OC)nc(NC2CCCSC2)n1. The standard InChI is InChI=1S/C11H17N3O2S/c1-15-9-6-10(16-2)14-11(13-9)12-8-4-3-5-17-7-8/h6,8H,3-5,7H2,1-2H3,(H,12,13,14). The molecule has 0 spiro atoms. The summed E-state index contributed by atoms with van der Waals surface area (Å²) in [5.74, 6) is 3.96. The van der Waals surface area contributed by atoms with Crippen molar-refractivity contribution < 1.29 is 9.47 Å². The highest BCUT2D eigenvalue weighted by molar-refractivity contribution is 7.99. The van der Waals surface area contributed by atoms with E-state index in [-0.39, 0.29) is 0 Å². The highest BCUT2D eigenvalue weighted by Crippen LogP contribution is 2.22. The molecule has 1 atom stereocenters. The first-order valence-electron chi connectivity index (χ1n) is 5.63. The topological polar surface area (TPSA) is 56.3 Å². The van der Waals surface area contributed by atoms with Gasteiger partial charge < -0.3 is 14.8 Å². The second-order valence-corrected chi connectivity index (χ2v) is 4.98. The maximum absolute atomic E-state index is 5.11. The number of nitrogens with one attached hydrogen (secondary N) is 1. The molecular weight excluding hydrogens is 238 g/mol. The van der Waals surface area contributed by atoms with Crippen LogP contribution in [-0.4, -0.2) is 41.7 Å². The van der Waals surface area contributed by atoms with Crippen molar-refractivity contribution in [2.45, 2.75) is 18.9 Å². The summed E-state index contributed by atoms with van der Waals surface area (Å²) in [7, 11) is 3.17. The Kier molecular flexibility index (Phi) is 4.30. The number of rotatable bonds is 4. The molecule has 1 aromatic rings. The Morgan fingerprint density at radius 2 is 2.00 bits per heavy atom. The first-order chi connectivity index (χ1) is 8.31. The molecule has 0 aromatic carbocycles. The Hall–Kier alpha value is -1.17. The van der Waals surface area contributed by atoms with Crippen LogP contribution in [0.1, 0.15) is 12.8 Å². The molecular formula is C11H17N3O2S. The Morgan fingerprint density at radius 3 is 2.53 bits per heavy atom. The number of thioether (sulfide) groups is 1. The Balaban J connectivity index is 2.07. The van der Waals surface area contributed by atoms with E-state index in [1.54, 1.807) is 20.3 Å². The van der Waals surface area contributed by atoms with Gasteiger partial charge in [-0.25, -0.2) is 0 Å². The molecule has 1 unspecified atom stereocenters. The van der Waals surface area contributed by atoms with E-state index < -0.39 is 0 Å². The van der Waals surface area contributed by atoms with Gasteiger partial charge in [0.1, 0.15) is 0 Å². The van der Waals surface area contributed by atoms with E-state index in [1.807, 2.05) is 11.8 Å². The molecule has 1 aliphatic heterocycles. The van der Waals surface area contributed by atoms with Gasteiger partial charge >= 0.3 is 0 Å². The molecule has 0 aliphatic carbocycles. The second kappa shape index (κ2) is 5.95. The van der Waals surface area contributed by atoms with Crippen LogP contribution in [0.3, 0.4) is 0 Å². The van der Waals surface area contributed by atoms with Crippen molar-refractivity contribution in [3.8, 4) is 11.8 Å². The highest BCUT2D eigenvalue weighted by atomic mass is 32.2. The van der Waals surface area contributed by atoms with Crippen LogP contribution in [0, 0.1) is 0 Å². The van der Waals surface area contributed by atoms with Crippen molar-refractivity contribution in [3.63, 3.8) is 0 Å². The molecule has 0 saturated carbocycles. The van der Waals surface area contributed by atoms with E-state index >= 15 is 0 Å². The van der Waals surface area contributed by atoms with Crippen LogP contribution < -0.4 is 14.8 Å². The van der Waals surface area contributed by atoms with Crippen LogP contribution >= 0.6 is 11.8 Å². The maximum atomic E-state index is 5.11. The third kappa shape index (κ3) is 3.39. The van der Waals surface area contributed by atoms with Gasteiger partial charge in [0.25, 0.3) is 0 Å². The third-order valence-corrected chi connectivity index (χ3v) is 3.81. The fraction of sp³-hybridized carbons (Fsp3) is 0.636. The van der Waals surface area contributed by atoms with Gasteiger partial charge in [-0.15, -0.1) is 0 Å². The molecule has 2 rings (SSSR count). The fourth-order valence-corrected chi connectivity index (χ4v) is 2.79. The van der Waals surface area contributed by atoms with Crippen molar-refractivity contribution in [2.24, 2.45) is 0 Å². The monoisotopic (exact) mass is 255 g/mol. The van der Waals surface area contributed by atoms with Gasteiger partial charge in [0.15, 0.2) is 0 Å². The zero-order valence-electron chi connectivity index (χ0n) is 10.1. The van der Waals surface area contributed by atoms with Gasteiger partial charge in [-0.05, 0) is 18.6 Å². The largest absolute Gasteiger partial charge is 0.481 e. The maximum Gasteiger partial charge on any atom is 0.229 e. The normalized spacial score (nSPS) is 19.8. The molecule has 1 saturated heterocycles. The van der Waals surface area contributed by atoms with Crippen LogP contribution in [-0.2, 0) is 0 Å². The van der Waals surface area contributed by atoms with Crippen LogP contribution in [0.25, 0.3) is 0 Å². The molecule has 0 amide bonds. The first kappa shape index (κ1) is 12.3. The lowest BCUT2D eigenvalue weighted by Crippen LogP contribution is -2.26. The molecule has 1 aromatic heterocycles. The number of methoxy groups -OCH3 is 2. The molecule has 6 heteroatoms. The summed E-state index contributed by atoms with van der Waals surface area (Å²) in [6.45, 7) is 0. The molecule has 1 aliphatic rings. The van der Waals surface area contributed by atoms with Crippen molar-refractivity contribution >= 4 is 17.7 Å². The van der Waals surface area contributed by atoms with Gasteiger partial charge in [0.2, 0.25) is 17.7 Å². The molecule has 1 N–H and O–H groups in total. The molecule has 0 bridgehead atoms. The molecule has 94 valence electrons. The summed E-state index contributed by atoms with van der Waals surface area (Å²) in [6.07, 6.45) is 2.40. The lowest BCUT2D eigenvalue weighted by Gasteiger charge is -2.22. The van der Waals surface area contributed by atoms with Crippen molar-refractivity contribution in [1.82, 2.24) is 9.97 Å². The van der Waals surface area contributed by atoms with Gasteiger partial charge in [0, 0.05) is 11.8 Å². The van der Waals surface area contributed by atoms with Gasteiger partial charge in [-0.1, -0.05) is 0 Å². The quantitative estimate of drug-likeness (QED) is 0.885. The molecule has 5 nitrogen and oxygen atoms in total. The van der Waals surface area contributed by atoms with E-state index in [4.69, 9.17) is 9.47 Å². The second-order valence-electron chi connectivity index (χ2n) is 3.83. The number of hydrogen-bond donors (Lipinski definition) is 1. The van der Waals surface area contributed by atoms with E-state index in [0.29, 0.717) is 23.8 Å². The summed E-state index contributed by atoms with van der Waals surface area (Å²) in [5, 5.41) is 3.33.